The van der Waals surface area contributed by atoms with Gasteiger partial charge in [-0.05, 0) is 87.8 Å². The van der Waals surface area contributed by atoms with E-state index in [1.807, 2.05) is 46.2 Å². The van der Waals surface area contributed by atoms with Crippen LogP contribution in [0.15, 0.2) is 36.4 Å². The molecule has 4 aromatic rings. The molecule has 2 amide bonds. The molecule has 8 rings (SSSR count). The zero-order valence-electron chi connectivity index (χ0n) is 24.7. The molecule has 4 fully saturated rings. The number of nitrogens with one attached hydrogen (secondary N) is 2. The van der Waals surface area contributed by atoms with Gasteiger partial charge in [-0.3, -0.25) is 9.59 Å². The zero-order chi connectivity index (χ0) is 29.6. The molecule has 2 aromatic carbocycles. The van der Waals surface area contributed by atoms with Gasteiger partial charge in [0.05, 0.1) is 34.2 Å². The first-order valence-corrected chi connectivity index (χ1v) is 16.0. The smallest absolute Gasteiger partial charge is 0.252 e. The van der Waals surface area contributed by atoms with E-state index >= 15 is 0 Å². The molecule has 44 heavy (non-hydrogen) atoms. The van der Waals surface area contributed by atoms with Crippen molar-refractivity contribution in [1.82, 2.24) is 29.7 Å². The molecule has 226 valence electrons. The Hall–Kier alpha value is -4.20. The molecule has 0 radical (unpaired) electrons. The number of carbonyl (C=O) groups is 2. The highest BCUT2D eigenvalue weighted by Gasteiger charge is 2.38. The number of rotatable bonds is 4. The van der Waals surface area contributed by atoms with Gasteiger partial charge in [-0.1, -0.05) is 11.8 Å². The molecule has 4 unspecified atom stereocenters. The van der Waals surface area contributed by atoms with Gasteiger partial charge in [0, 0.05) is 37.4 Å². The number of aromatic amines is 2. The first-order valence-electron chi connectivity index (χ1n) is 16.0. The van der Waals surface area contributed by atoms with Crippen LogP contribution in [0.2, 0.25) is 0 Å². The Morgan fingerprint density at radius 1 is 0.682 bits per heavy atom. The van der Waals surface area contributed by atoms with Gasteiger partial charge in [-0.2, -0.15) is 0 Å². The largest absolute Gasteiger partial charge is 0.368 e. The van der Waals surface area contributed by atoms with Crippen molar-refractivity contribution in [2.24, 2.45) is 0 Å². The third-order valence-corrected chi connectivity index (χ3v) is 9.46. The van der Waals surface area contributed by atoms with Crippen molar-refractivity contribution < 1.29 is 19.1 Å². The van der Waals surface area contributed by atoms with Crippen molar-refractivity contribution >= 4 is 33.9 Å². The molecule has 4 atom stereocenters. The fourth-order valence-electron chi connectivity index (χ4n) is 7.22. The Labute approximate surface area is 255 Å². The van der Waals surface area contributed by atoms with Crippen LogP contribution in [0.1, 0.15) is 86.2 Å². The number of hydrogen-bond donors (Lipinski definition) is 2. The Balaban J connectivity index is 0.994. The highest BCUT2D eigenvalue weighted by atomic mass is 16.5. The number of likely N-dealkylation sites (tertiary alicyclic amines) is 2. The topological polar surface area (TPSA) is 116 Å². The van der Waals surface area contributed by atoms with Crippen LogP contribution >= 0.6 is 0 Å². The number of nitrogens with zero attached hydrogens (tertiary/aromatic N) is 4. The summed E-state index contributed by atoms with van der Waals surface area (Å²) in [6.45, 7) is 2.81. The summed E-state index contributed by atoms with van der Waals surface area (Å²) in [5.41, 5.74) is 5.32. The van der Waals surface area contributed by atoms with Gasteiger partial charge in [0.2, 0.25) is 0 Å². The summed E-state index contributed by atoms with van der Waals surface area (Å²) < 4.78 is 11.3. The lowest BCUT2D eigenvalue weighted by Gasteiger charge is -2.25. The van der Waals surface area contributed by atoms with Crippen molar-refractivity contribution in [3.05, 3.63) is 59.2 Å². The molecule has 10 heteroatoms. The zero-order valence-corrected chi connectivity index (χ0v) is 24.7. The summed E-state index contributed by atoms with van der Waals surface area (Å²) in [6, 6.07) is 11.9. The lowest BCUT2D eigenvalue weighted by atomic mass is 10.1. The van der Waals surface area contributed by atoms with Crippen LogP contribution < -0.4 is 0 Å². The summed E-state index contributed by atoms with van der Waals surface area (Å²) in [4.78, 5) is 46.7. The van der Waals surface area contributed by atoms with E-state index in [-0.39, 0.29) is 36.1 Å². The number of imidazole rings is 2. The molecular formula is C34H36N6O4. The lowest BCUT2D eigenvalue weighted by molar-refractivity contribution is -0.142. The van der Waals surface area contributed by atoms with E-state index in [1.54, 1.807) is 0 Å². The minimum absolute atomic E-state index is 0.0508. The normalized spacial score (nSPS) is 25.3. The number of ether oxygens (including phenoxy) is 2. The van der Waals surface area contributed by atoms with Crippen LogP contribution in [0.5, 0.6) is 0 Å². The summed E-state index contributed by atoms with van der Waals surface area (Å²) in [7, 11) is 0. The molecule has 0 bridgehead atoms. The number of hydrogen-bond acceptors (Lipinski definition) is 6. The number of aromatic nitrogens is 4. The highest BCUT2D eigenvalue weighted by Crippen LogP contribution is 2.35. The molecule has 0 aliphatic carbocycles. The number of fused-ring (bicyclic) bond motifs is 2. The molecule has 2 N–H and O–H groups in total. The Morgan fingerprint density at radius 3 is 1.59 bits per heavy atom. The van der Waals surface area contributed by atoms with Crippen LogP contribution in [0.25, 0.3) is 22.1 Å². The first kappa shape index (κ1) is 27.4. The standard InChI is InChI=1S/C34H36N6O4/c41-33(29-7-3-17-43-29)39-15-1-5-27(39)31-35-23-13-11-21(19-25(23)37-31)9-10-22-12-14-24-26(20-22)38-32(36-24)28-6-2-16-40(28)34(42)30-8-4-18-44-30/h11-14,19-20,27-30H,1-8,15-18H2,(H,35,37)(H,36,38). The van der Waals surface area contributed by atoms with E-state index in [9.17, 15) is 9.59 Å². The van der Waals surface area contributed by atoms with Crippen LogP contribution in [0.4, 0.5) is 0 Å². The minimum atomic E-state index is -0.312. The molecule has 2 aromatic heterocycles. The lowest BCUT2D eigenvalue weighted by Crippen LogP contribution is -2.38. The molecule has 0 saturated carbocycles. The summed E-state index contributed by atoms with van der Waals surface area (Å²) >= 11 is 0. The Bertz CT molecular complexity index is 1660. The van der Waals surface area contributed by atoms with Gasteiger partial charge in [0.25, 0.3) is 11.8 Å². The summed E-state index contributed by atoms with van der Waals surface area (Å²) in [5.74, 6) is 8.42. The molecule has 4 aliphatic rings. The monoisotopic (exact) mass is 592 g/mol. The number of amides is 2. The van der Waals surface area contributed by atoms with E-state index in [2.05, 4.69) is 21.8 Å². The number of H-pyrrole nitrogens is 2. The molecule has 0 spiro atoms. The van der Waals surface area contributed by atoms with E-state index in [0.29, 0.717) is 13.2 Å². The van der Waals surface area contributed by atoms with Gasteiger partial charge >= 0.3 is 0 Å². The van der Waals surface area contributed by atoms with E-state index in [0.717, 1.165) is 109 Å². The van der Waals surface area contributed by atoms with Crippen molar-refractivity contribution in [2.75, 3.05) is 26.3 Å². The van der Waals surface area contributed by atoms with Gasteiger partial charge < -0.3 is 29.2 Å². The maximum atomic E-state index is 13.1. The second kappa shape index (κ2) is 11.4. The molecule has 10 nitrogen and oxygen atoms in total. The van der Waals surface area contributed by atoms with Gasteiger partial charge in [0.15, 0.2) is 0 Å². The van der Waals surface area contributed by atoms with Crippen molar-refractivity contribution in [3.63, 3.8) is 0 Å². The van der Waals surface area contributed by atoms with Gasteiger partial charge in [-0.15, -0.1) is 0 Å². The van der Waals surface area contributed by atoms with Crippen LogP contribution in [-0.2, 0) is 19.1 Å². The van der Waals surface area contributed by atoms with E-state index < -0.39 is 0 Å². The molecule has 4 aliphatic heterocycles. The minimum Gasteiger partial charge on any atom is -0.368 e. The third-order valence-electron chi connectivity index (χ3n) is 9.46. The maximum absolute atomic E-state index is 13.1. The summed E-state index contributed by atoms with van der Waals surface area (Å²) in [5, 5.41) is 0. The second-order valence-corrected chi connectivity index (χ2v) is 12.3. The Kier molecular flexibility index (Phi) is 7.07. The highest BCUT2D eigenvalue weighted by molar-refractivity contribution is 5.83. The van der Waals surface area contributed by atoms with Crippen molar-refractivity contribution in [2.45, 2.75) is 75.7 Å². The molecule has 4 saturated heterocycles. The van der Waals surface area contributed by atoms with E-state index in [4.69, 9.17) is 19.4 Å². The molecule has 6 heterocycles. The predicted octanol–water partition coefficient (Wildman–Crippen LogP) is 4.52. The Morgan fingerprint density at radius 2 is 1.16 bits per heavy atom. The SMILES string of the molecule is O=C(C1CCCO1)N1CCCC1c1nc2ccc(C#Cc3ccc4nc(C5CCCN5C(=O)C5CCCO5)[nH]c4c3)cc2[nH]1. The van der Waals surface area contributed by atoms with E-state index in [1.165, 1.54) is 0 Å². The first-order chi connectivity index (χ1) is 21.6. The fraction of sp³-hybridized carbons (Fsp3) is 0.471. The van der Waals surface area contributed by atoms with Crippen LogP contribution in [0.3, 0.4) is 0 Å². The van der Waals surface area contributed by atoms with Crippen LogP contribution in [-0.4, -0.2) is 80.1 Å². The maximum Gasteiger partial charge on any atom is 0.252 e. The van der Waals surface area contributed by atoms with Gasteiger partial charge in [0.1, 0.15) is 23.9 Å². The number of benzene rings is 2. The quantitative estimate of drug-likeness (QED) is 0.337. The second-order valence-electron chi connectivity index (χ2n) is 12.3. The summed E-state index contributed by atoms with van der Waals surface area (Å²) in [6.07, 6.45) is 6.58. The van der Waals surface area contributed by atoms with Gasteiger partial charge in [-0.25, -0.2) is 9.97 Å². The van der Waals surface area contributed by atoms with Crippen molar-refractivity contribution in [3.8, 4) is 11.8 Å². The van der Waals surface area contributed by atoms with Crippen LogP contribution in [0, 0.1) is 11.8 Å². The number of carbonyl (C=O) groups excluding carboxylic acids is 2. The van der Waals surface area contributed by atoms with Crippen molar-refractivity contribution in [1.29, 1.82) is 0 Å². The fourth-order valence-corrected chi connectivity index (χ4v) is 7.22. The predicted molar refractivity (Wildman–Crippen MR) is 163 cm³/mol. The molecular weight excluding hydrogens is 556 g/mol. The average molecular weight is 593 g/mol. The third kappa shape index (κ3) is 5.04. The average Bonchev–Trinajstić information content (AvgIpc) is 3.89.